The molecule has 10 heteroatoms. The number of rotatable bonds is 9. The minimum Gasteiger partial charge on any atom is -0.456 e. The van der Waals surface area contributed by atoms with Crippen molar-refractivity contribution in [2.45, 2.75) is 77.2 Å². The molecule has 0 aromatic rings. The van der Waals surface area contributed by atoms with Crippen LogP contribution in [0.4, 0.5) is 0 Å². The molecule has 0 saturated carbocycles. The third-order valence-corrected chi connectivity index (χ3v) is 5.67. The summed E-state index contributed by atoms with van der Waals surface area (Å²) in [5.74, 6) is -1.80. The average Bonchev–Trinajstić information content (AvgIpc) is 2.51. The molecule has 1 aliphatic heterocycles. The third-order valence-electron chi connectivity index (χ3n) is 3.96. The Balaban J connectivity index is 3.16. The van der Waals surface area contributed by atoms with Gasteiger partial charge in [0, 0.05) is 42.6 Å². The van der Waals surface area contributed by atoms with E-state index in [1.54, 1.807) is 0 Å². The van der Waals surface area contributed by atoms with Gasteiger partial charge < -0.3 is 28.4 Å². The van der Waals surface area contributed by atoms with Crippen LogP contribution in [0.3, 0.4) is 0 Å². The Morgan fingerprint density at radius 3 is 1.82 bits per heavy atom. The molecule has 0 N–H and O–H groups in total. The van der Waals surface area contributed by atoms with Crippen LogP contribution in [0, 0.1) is 0 Å². The van der Waals surface area contributed by atoms with Crippen molar-refractivity contribution >= 4 is 26.0 Å². The second-order valence-corrected chi connectivity index (χ2v) is 13.5. The zero-order chi connectivity index (χ0) is 21.5. The van der Waals surface area contributed by atoms with Crippen molar-refractivity contribution in [2.24, 2.45) is 0 Å². The van der Waals surface area contributed by atoms with Gasteiger partial charge in [-0.05, 0) is 6.04 Å². The molecule has 1 heterocycles. The van der Waals surface area contributed by atoms with Crippen LogP contribution in [-0.2, 0) is 42.8 Å². The second-order valence-electron chi connectivity index (χ2n) is 7.90. The minimum atomic E-state index is -1.37. The Morgan fingerprint density at radius 2 is 1.36 bits per heavy atom. The van der Waals surface area contributed by atoms with E-state index in [-0.39, 0.29) is 6.61 Å². The Hall–Kier alpha value is -1.49. The predicted octanol–water partition coefficient (Wildman–Crippen LogP) is 1.51. The van der Waals surface area contributed by atoms with Crippen molar-refractivity contribution in [1.29, 1.82) is 0 Å². The first-order valence-electron chi connectivity index (χ1n) is 9.22. The second kappa shape index (κ2) is 10.9. The first kappa shape index (κ1) is 24.5. The van der Waals surface area contributed by atoms with Crippen LogP contribution < -0.4 is 0 Å². The molecule has 0 radical (unpaired) electrons. The standard InChI is InChI=1S/C18H32O9Si/c1-11(19)24-15-14(10-22-4)27-18(23-8-9-28(5,6)7)17(26-13(3)21)16(15)25-12(2)20/h14-18H,8-10H2,1-7H3/t14-,15-,16+,17-,18+/m1/s1. The van der Waals surface area contributed by atoms with E-state index in [1.165, 1.54) is 27.9 Å². The molecule has 0 bridgehead atoms. The van der Waals surface area contributed by atoms with Crippen LogP contribution >= 0.6 is 0 Å². The molecular weight excluding hydrogens is 388 g/mol. The molecule has 28 heavy (non-hydrogen) atoms. The molecule has 0 amide bonds. The van der Waals surface area contributed by atoms with E-state index in [2.05, 4.69) is 19.6 Å². The van der Waals surface area contributed by atoms with Crippen molar-refractivity contribution in [3.63, 3.8) is 0 Å². The molecule has 9 nitrogen and oxygen atoms in total. The fourth-order valence-electron chi connectivity index (χ4n) is 2.77. The van der Waals surface area contributed by atoms with E-state index in [0.29, 0.717) is 6.61 Å². The van der Waals surface area contributed by atoms with Crippen LogP contribution in [0.2, 0.25) is 25.7 Å². The topological polar surface area (TPSA) is 107 Å². The predicted molar refractivity (Wildman–Crippen MR) is 101 cm³/mol. The maximum atomic E-state index is 11.7. The summed E-state index contributed by atoms with van der Waals surface area (Å²) < 4.78 is 33.0. The van der Waals surface area contributed by atoms with E-state index < -0.39 is 56.7 Å². The maximum Gasteiger partial charge on any atom is 0.303 e. The molecule has 1 rings (SSSR count). The highest BCUT2D eigenvalue weighted by Gasteiger charge is 2.52. The summed E-state index contributed by atoms with van der Waals surface area (Å²) >= 11 is 0. The molecule has 0 spiro atoms. The van der Waals surface area contributed by atoms with Crippen LogP contribution in [0.15, 0.2) is 0 Å². The Morgan fingerprint density at radius 1 is 0.857 bits per heavy atom. The van der Waals surface area contributed by atoms with Crippen molar-refractivity contribution in [3.8, 4) is 0 Å². The van der Waals surface area contributed by atoms with Gasteiger partial charge in [-0.3, -0.25) is 14.4 Å². The lowest BCUT2D eigenvalue weighted by molar-refractivity contribution is -0.307. The quantitative estimate of drug-likeness (QED) is 0.312. The van der Waals surface area contributed by atoms with Gasteiger partial charge in [-0.25, -0.2) is 0 Å². The first-order chi connectivity index (χ1) is 12.9. The van der Waals surface area contributed by atoms with Gasteiger partial charge >= 0.3 is 17.9 Å². The van der Waals surface area contributed by atoms with Gasteiger partial charge in [-0.2, -0.15) is 0 Å². The lowest BCUT2D eigenvalue weighted by Crippen LogP contribution is -2.62. The van der Waals surface area contributed by atoms with Crippen molar-refractivity contribution in [3.05, 3.63) is 0 Å². The highest BCUT2D eigenvalue weighted by Crippen LogP contribution is 2.30. The van der Waals surface area contributed by atoms with Crippen molar-refractivity contribution < 1.29 is 42.8 Å². The summed E-state index contributed by atoms with van der Waals surface area (Å²) in [5, 5.41) is 0. The molecule has 1 saturated heterocycles. The van der Waals surface area contributed by atoms with Crippen LogP contribution in [0.1, 0.15) is 20.8 Å². The van der Waals surface area contributed by atoms with Crippen LogP contribution in [0.25, 0.3) is 0 Å². The molecule has 0 aliphatic carbocycles. The molecule has 0 aromatic heterocycles. The SMILES string of the molecule is COC[C@H]1O[C@H](OCC[Si](C)(C)C)[C@H](OC(C)=O)[C@@H](OC(C)=O)[C@@H]1OC(C)=O. The lowest BCUT2D eigenvalue weighted by atomic mass is 9.98. The largest absolute Gasteiger partial charge is 0.456 e. The zero-order valence-corrected chi connectivity index (χ0v) is 18.7. The normalized spacial score (nSPS) is 27.8. The smallest absolute Gasteiger partial charge is 0.303 e. The number of esters is 3. The Labute approximate surface area is 166 Å². The summed E-state index contributed by atoms with van der Waals surface area (Å²) in [4.78, 5) is 34.9. The molecule has 1 fully saturated rings. The van der Waals surface area contributed by atoms with Crippen LogP contribution in [-0.4, -0.2) is 77.0 Å². The number of ether oxygens (including phenoxy) is 6. The van der Waals surface area contributed by atoms with Gasteiger partial charge in [-0.1, -0.05) is 19.6 Å². The van der Waals surface area contributed by atoms with E-state index in [9.17, 15) is 14.4 Å². The Bertz CT molecular complexity index is 546. The maximum absolute atomic E-state index is 11.7. The van der Waals surface area contributed by atoms with Gasteiger partial charge in [0.2, 0.25) is 0 Å². The number of carbonyl (C=O) groups is 3. The summed E-state index contributed by atoms with van der Waals surface area (Å²) in [6, 6.07) is 0.861. The van der Waals surface area contributed by atoms with E-state index in [4.69, 9.17) is 28.4 Å². The number of methoxy groups -OCH3 is 1. The van der Waals surface area contributed by atoms with E-state index in [0.717, 1.165) is 6.04 Å². The van der Waals surface area contributed by atoms with E-state index >= 15 is 0 Å². The van der Waals surface area contributed by atoms with Crippen molar-refractivity contribution in [1.82, 2.24) is 0 Å². The summed E-state index contributed by atoms with van der Waals surface area (Å²) in [6.07, 6.45) is -4.93. The molecular formula is C18H32O9Si. The third kappa shape index (κ3) is 8.25. The fourth-order valence-corrected chi connectivity index (χ4v) is 3.50. The number of hydrogen-bond donors (Lipinski definition) is 0. The average molecular weight is 421 g/mol. The lowest BCUT2D eigenvalue weighted by Gasteiger charge is -2.44. The molecule has 1 aliphatic rings. The molecule has 5 atom stereocenters. The van der Waals surface area contributed by atoms with Gasteiger partial charge in [-0.15, -0.1) is 0 Å². The van der Waals surface area contributed by atoms with Crippen molar-refractivity contribution in [2.75, 3.05) is 20.3 Å². The van der Waals surface area contributed by atoms with Gasteiger partial charge in [0.05, 0.1) is 6.61 Å². The highest BCUT2D eigenvalue weighted by atomic mass is 28.3. The highest BCUT2D eigenvalue weighted by molar-refractivity contribution is 6.76. The summed E-state index contributed by atoms with van der Waals surface area (Å²) in [6.45, 7) is 10.7. The monoisotopic (exact) mass is 420 g/mol. The van der Waals surface area contributed by atoms with E-state index in [1.807, 2.05) is 0 Å². The van der Waals surface area contributed by atoms with Gasteiger partial charge in [0.25, 0.3) is 0 Å². The summed E-state index contributed by atoms with van der Waals surface area (Å²) in [7, 11) is 0.0924. The molecule has 0 unspecified atom stereocenters. The molecule has 0 aromatic carbocycles. The van der Waals surface area contributed by atoms with Crippen LogP contribution in [0.5, 0.6) is 0 Å². The first-order valence-corrected chi connectivity index (χ1v) is 12.9. The minimum absolute atomic E-state index is 0.0659. The number of carbonyl (C=O) groups excluding carboxylic acids is 3. The molecule has 162 valence electrons. The number of hydrogen-bond acceptors (Lipinski definition) is 9. The van der Waals surface area contributed by atoms with Gasteiger partial charge in [0.15, 0.2) is 24.6 Å². The summed E-state index contributed by atoms with van der Waals surface area (Å²) in [5.41, 5.74) is 0. The Kier molecular flexibility index (Phi) is 9.55. The fraction of sp³-hybridized carbons (Fsp3) is 0.833. The zero-order valence-electron chi connectivity index (χ0n) is 17.7. The van der Waals surface area contributed by atoms with Gasteiger partial charge in [0.1, 0.15) is 6.10 Å².